The van der Waals surface area contributed by atoms with Gasteiger partial charge in [-0.15, -0.1) is 0 Å². The number of aromatic nitrogens is 1. The van der Waals surface area contributed by atoms with Gasteiger partial charge >= 0.3 is 5.97 Å². The van der Waals surface area contributed by atoms with E-state index in [1.165, 1.54) is 0 Å². The van der Waals surface area contributed by atoms with Crippen LogP contribution in [0.5, 0.6) is 5.88 Å². The van der Waals surface area contributed by atoms with Gasteiger partial charge in [-0.3, -0.25) is 4.99 Å². The second-order valence-corrected chi connectivity index (χ2v) is 6.35. The van der Waals surface area contributed by atoms with Gasteiger partial charge in [-0.05, 0) is 13.0 Å². The molecule has 0 aliphatic heterocycles. The fraction of sp³-hybridized carbons (Fsp3) is 0.208. The lowest BCUT2D eigenvalue weighted by molar-refractivity contribution is -0.144. The normalized spacial score (nSPS) is 11.4. The fourth-order valence-electron chi connectivity index (χ4n) is 3.06. The van der Waals surface area contributed by atoms with Crippen LogP contribution in [0, 0.1) is 0 Å². The maximum Gasteiger partial charge on any atom is 0.331 e. The zero-order valence-electron chi connectivity index (χ0n) is 16.6. The van der Waals surface area contributed by atoms with Gasteiger partial charge in [0, 0.05) is 29.3 Å². The first-order chi connectivity index (χ1) is 14.2. The van der Waals surface area contributed by atoms with Crippen molar-refractivity contribution in [3.63, 3.8) is 0 Å². The largest absolute Gasteiger partial charge is 0.481 e. The molecule has 0 saturated heterocycles. The van der Waals surface area contributed by atoms with Crippen LogP contribution >= 0.6 is 0 Å². The number of carbonyl (C=O) groups excluding carboxylic acids is 1. The van der Waals surface area contributed by atoms with Crippen LogP contribution in [0.2, 0.25) is 0 Å². The van der Waals surface area contributed by atoms with Crippen LogP contribution in [0.15, 0.2) is 84.0 Å². The SMILES string of the molecule is CCOC(=O)C(Cc1cccnc1OC)N=C(c1ccccc1)c1ccccc1. The van der Waals surface area contributed by atoms with E-state index in [0.29, 0.717) is 18.9 Å². The summed E-state index contributed by atoms with van der Waals surface area (Å²) in [4.78, 5) is 21.8. The first-order valence-electron chi connectivity index (χ1n) is 9.56. The zero-order valence-corrected chi connectivity index (χ0v) is 16.6. The number of nitrogens with zero attached hydrogens (tertiary/aromatic N) is 2. The first-order valence-corrected chi connectivity index (χ1v) is 9.56. The molecule has 0 aliphatic carbocycles. The number of hydrogen-bond donors (Lipinski definition) is 0. The molecule has 2 aromatic carbocycles. The monoisotopic (exact) mass is 388 g/mol. The molecular formula is C24H24N2O3. The van der Waals surface area contributed by atoms with E-state index in [2.05, 4.69) is 4.98 Å². The quantitative estimate of drug-likeness (QED) is 0.431. The Morgan fingerprint density at radius 3 is 2.14 bits per heavy atom. The maximum absolute atomic E-state index is 12.8. The van der Waals surface area contributed by atoms with Crippen molar-refractivity contribution >= 4 is 11.7 Å². The van der Waals surface area contributed by atoms with E-state index in [9.17, 15) is 4.79 Å². The van der Waals surface area contributed by atoms with Crippen molar-refractivity contribution in [1.82, 2.24) is 4.98 Å². The van der Waals surface area contributed by atoms with Gasteiger partial charge in [-0.1, -0.05) is 66.7 Å². The first kappa shape index (κ1) is 20.3. The third-order valence-electron chi connectivity index (χ3n) is 4.39. The number of methoxy groups -OCH3 is 1. The molecule has 3 aromatic rings. The van der Waals surface area contributed by atoms with E-state index < -0.39 is 6.04 Å². The van der Waals surface area contributed by atoms with E-state index in [1.54, 1.807) is 20.2 Å². The third-order valence-corrected chi connectivity index (χ3v) is 4.39. The lowest BCUT2D eigenvalue weighted by atomic mass is 10.0. The van der Waals surface area contributed by atoms with Crippen molar-refractivity contribution in [2.75, 3.05) is 13.7 Å². The molecule has 148 valence electrons. The van der Waals surface area contributed by atoms with E-state index in [1.807, 2.05) is 72.8 Å². The summed E-state index contributed by atoms with van der Waals surface area (Å²) in [6.45, 7) is 2.08. The number of ether oxygens (including phenoxy) is 2. The Kier molecular flexibility index (Phi) is 7.11. The molecule has 29 heavy (non-hydrogen) atoms. The number of aliphatic imine (C=N–C) groups is 1. The van der Waals surface area contributed by atoms with Gasteiger partial charge in [0.2, 0.25) is 5.88 Å². The molecular weight excluding hydrogens is 364 g/mol. The number of carbonyl (C=O) groups is 1. The molecule has 1 heterocycles. The topological polar surface area (TPSA) is 60.8 Å². The predicted molar refractivity (Wildman–Crippen MR) is 113 cm³/mol. The van der Waals surface area contributed by atoms with Gasteiger partial charge in [-0.25, -0.2) is 9.78 Å². The van der Waals surface area contributed by atoms with Crippen molar-refractivity contribution in [2.45, 2.75) is 19.4 Å². The van der Waals surface area contributed by atoms with Gasteiger partial charge in [0.25, 0.3) is 0 Å². The van der Waals surface area contributed by atoms with Crippen molar-refractivity contribution in [2.24, 2.45) is 4.99 Å². The van der Waals surface area contributed by atoms with Crippen molar-refractivity contribution in [3.05, 3.63) is 95.7 Å². The number of hydrogen-bond acceptors (Lipinski definition) is 5. The molecule has 5 heteroatoms. The average molecular weight is 388 g/mol. The molecule has 1 atom stereocenters. The molecule has 1 aromatic heterocycles. The smallest absolute Gasteiger partial charge is 0.331 e. The van der Waals surface area contributed by atoms with Gasteiger partial charge in [0.15, 0.2) is 6.04 Å². The van der Waals surface area contributed by atoms with Gasteiger partial charge in [-0.2, -0.15) is 0 Å². The molecule has 0 saturated carbocycles. The number of benzene rings is 2. The van der Waals surface area contributed by atoms with Crippen LogP contribution in [0.25, 0.3) is 0 Å². The minimum Gasteiger partial charge on any atom is -0.481 e. The second kappa shape index (κ2) is 10.2. The van der Waals surface area contributed by atoms with Gasteiger partial charge in [0.1, 0.15) is 0 Å². The summed E-state index contributed by atoms with van der Waals surface area (Å²) in [5.41, 5.74) is 3.42. The summed E-state index contributed by atoms with van der Waals surface area (Å²) in [5, 5.41) is 0. The Morgan fingerprint density at radius 1 is 0.966 bits per heavy atom. The maximum atomic E-state index is 12.8. The molecule has 0 aliphatic rings. The van der Waals surface area contributed by atoms with Crippen LogP contribution < -0.4 is 4.74 Å². The number of rotatable bonds is 8. The minimum absolute atomic E-state index is 0.293. The highest BCUT2D eigenvalue weighted by Gasteiger charge is 2.23. The predicted octanol–water partition coefficient (Wildman–Crippen LogP) is 4.10. The van der Waals surface area contributed by atoms with Crippen molar-refractivity contribution < 1.29 is 14.3 Å². The van der Waals surface area contributed by atoms with E-state index in [-0.39, 0.29) is 5.97 Å². The molecule has 3 rings (SSSR count). The summed E-state index contributed by atoms with van der Waals surface area (Å²) < 4.78 is 10.7. The number of pyridine rings is 1. The Bertz CT molecular complexity index is 915. The standard InChI is InChI=1S/C24H24N2O3/c1-3-29-24(27)21(17-20-15-10-16-25-23(20)28-2)26-22(18-11-6-4-7-12-18)19-13-8-5-9-14-19/h4-16,21H,3,17H2,1-2H3. The highest BCUT2D eigenvalue weighted by Crippen LogP contribution is 2.20. The second-order valence-electron chi connectivity index (χ2n) is 6.35. The zero-order chi connectivity index (χ0) is 20.5. The summed E-state index contributed by atoms with van der Waals surface area (Å²) in [7, 11) is 1.56. The van der Waals surface area contributed by atoms with Crippen LogP contribution in [0.1, 0.15) is 23.6 Å². The summed E-state index contributed by atoms with van der Waals surface area (Å²) in [5.74, 6) is 0.112. The highest BCUT2D eigenvalue weighted by molar-refractivity contribution is 6.13. The molecule has 0 bridgehead atoms. The molecule has 0 radical (unpaired) electrons. The summed E-state index contributed by atoms with van der Waals surface area (Å²) >= 11 is 0. The van der Waals surface area contributed by atoms with Crippen LogP contribution in [0.4, 0.5) is 0 Å². The lowest BCUT2D eigenvalue weighted by Crippen LogP contribution is -2.26. The van der Waals surface area contributed by atoms with E-state index >= 15 is 0 Å². The average Bonchev–Trinajstić information content (AvgIpc) is 2.78. The van der Waals surface area contributed by atoms with Crippen molar-refractivity contribution in [1.29, 1.82) is 0 Å². The number of esters is 1. The fourth-order valence-corrected chi connectivity index (χ4v) is 3.06. The van der Waals surface area contributed by atoms with Crippen LogP contribution in [-0.2, 0) is 16.0 Å². The third kappa shape index (κ3) is 5.29. The molecule has 0 fully saturated rings. The Labute approximate surface area is 171 Å². The van der Waals surface area contributed by atoms with Gasteiger partial charge < -0.3 is 9.47 Å². The molecule has 0 amide bonds. The van der Waals surface area contributed by atoms with Crippen LogP contribution in [0.3, 0.4) is 0 Å². The Morgan fingerprint density at radius 2 is 1.59 bits per heavy atom. The molecule has 1 unspecified atom stereocenters. The lowest BCUT2D eigenvalue weighted by Gasteiger charge is -2.16. The Hall–Kier alpha value is -3.47. The van der Waals surface area contributed by atoms with E-state index in [0.717, 1.165) is 22.4 Å². The Balaban J connectivity index is 2.06. The summed E-state index contributed by atoms with van der Waals surface area (Å²) in [6.07, 6.45) is 1.99. The van der Waals surface area contributed by atoms with Gasteiger partial charge in [0.05, 0.1) is 19.4 Å². The molecule has 5 nitrogen and oxygen atoms in total. The van der Waals surface area contributed by atoms with Crippen molar-refractivity contribution in [3.8, 4) is 5.88 Å². The van der Waals surface area contributed by atoms with E-state index in [4.69, 9.17) is 14.5 Å². The highest BCUT2D eigenvalue weighted by atomic mass is 16.5. The minimum atomic E-state index is -0.719. The summed E-state index contributed by atoms with van der Waals surface area (Å²) in [6, 6.07) is 22.7. The molecule has 0 spiro atoms. The molecule has 0 N–H and O–H groups in total. The van der Waals surface area contributed by atoms with Crippen LogP contribution in [-0.4, -0.2) is 36.4 Å².